The standard InChI is InChI=1S/C13H14N2O3/c1-9-12(8-17)13(15(2)14-9)18-11-5-3-10(7-16)4-6-11/h3-6,8,16H,7H2,1-2H3. The number of ether oxygens (including phenoxy) is 1. The molecule has 0 unspecified atom stereocenters. The summed E-state index contributed by atoms with van der Waals surface area (Å²) < 4.78 is 7.17. The quantitative estimate of drug-likeness (QED) is 0.836. The van der Waals surface area contributed by atoms with Crippen LogP contribution in [-0.2, 0) is 13.7 Å². The average molecular weight is 246 g/mol. The number of aryl methyl sites for hydroxylation is 2. The van der Waals surface area contributed by atoms with Crippen LogP contribution in [0.1, 0.15) is 21.6 Å². The maximum atomic E-state index is 11.0. The molecule has 0 spiro atoms. The largest absolute Gasteiger partial charge is 0.439 e. The SMILES string of the molecule is Cc1nn(C)c(Oc2ccc(CO)cc2)c1C=O. The van der Waals surface area contributed by atoms with E-state index in [1.54, 1.807) is 38.2 Å². The first-order valence-corrected chi connectivity index (χ1v) is 5.52. The molecule has 5 heteroatoms. The van der Waals surface area contributed by atoms with Crippen molar-refractivity contribution >= 4 is 6.29 Å². The molecule has 0 atom stereocenters. The smallest absolute Gasteiger partial charge is 0.228 e. The molecule has 2 rings (SSSR count). The molecule has 0 saturated carbocycles. The van der Waals surface area contributed by atoms with Gasteiger partial charge in [-0.15, -0.1) is 0 Å². The van der Waals surface area contributed by atoms with Crippen molar-refractivity contribution in [3.63, 3.8) is 0 Å². The third-order valence-corrected chi connectivity index (χ3v) is 2.65. The molecule has 94 valence electrons. The molecule has 0 saturated heterocycles. The normalized spacial score (nSPS) is 10.4. The summed E-state index contributed by atoms with van der Waals surface area (Å²) in [5.74, 6) is 1.01. The Morgan fingerprint density at radius 3 is 2.61 bits per heavy atom. The molecular formula is C13H14N2O3. The van der Waals surface area contributed by atoms with Gasteiger partial charge in [0.1, 0.15) is 5.75 Å². The van der Waals surface area contributed by atoms with Crippen LogP contribution in [0.4, 0.5) is 0 Å². The predicted molar refractivity (Wildman–Crippen MR) is 65.8 cm³/mol. The van der Waals surface area contributed by atoms with Crippen LogP contribution in [-0.4, -0.2) is 21.2 Å². The highest BCUT2D eigenvalue weighted by molar-refractivity contribution is 5.80. The van der Waals surface area contributed by atoms with E-state index in [1.807, 2.05) is 0 Å². The predicted octanol–water partition coefficient (Wildman–Crippen LogP) is 1.83. The van der Waals surface area contributed by atoms with Crippen LogP contribution in [0.5, 0.6) is 11.6 Å². The number of aliphatic hydroxyl groups is 1. The van der Waals surface area contributed by atoms with E-state index in [1.165, 1.54) is 4.68 Å². The van der Waals surface area contributed by atoms with E-state index in [-0.39, 0.29) is 6.61 Å². The van der Waals surface area contributed by atoms with Crippen molar-refractivity contribution in [2.75, 3.05) is 0 Å². The van der Waals surface area contributed by atoms with Gasteiger partial charge in [0, 0.05) is 7.05 Å². The van der Waals surface area contributed by atoms with Gasteiger partial charge in [-0.3, -0.25) is 4.79 Å². The number of carbonyl (C=O) groups is 1. The highest BCUT2D eigenvalue weighted by atomic mass is 16.5. The molecule has 0 aliphatic rings. The fraction of sp³-hybridized carbons (Fsp3) is 0.231. The van der Waals surface area contributed by atoms with E-state index >= 15 is 0 Å². The molecule has 1 aromatic heterocycles. The van der Waals surface area contributed by atoms with Crippen LogP contribution in [0.25, 0.3) is 0 Å². The molecule has 2 aromatic rings. The third kappa shape index (κ3) is 2.26. The number of aldehydes is 1. The minimum Gasteiger partial charge on any atom is -0.439 e. The van der Waals surface area contributed by atoms with Crippen LogP contribution in [0.15, 0.2) is 24.3 Å². The lowest BCUT2D eigenvalue weighted by Crippen LogP contribution is -1.96. The summed E-state index contributed by atoms with van der Waals surface area (Å²) in [6.45, 7) is 1.75. The first-order valence-electron chi connectivity index (χ1n) is 5.52. The van der Waals surface area contributed by atoms with E-state index in [4.69, 9.17) is 9.84 Å². The van der Waals surface area contributed by atoms with Crippen LogP contribution >= 0.6 is 0 Å². The van der Waals surface area contributed by atoms with Crippen molar-refractivity contribution in [1.82, 2.24) is 9.78 Å². The Balaban J connectivity index is 2.30. The lowest BCUT2D eigenvalue weighted by molar-refractivity contribution is 0.112. The van der Waals surface area contributed by atoms with Gasteiger partial charge in [0.2, 0.25) is 5.88 Å². The average Bonchev–Trinajstić information content (AvgIpc) is 2.64. The summed E-state index contributed by atoms with van der Waals surface area (Å²) in [7, 11) is 1.72. The first-order chi connectivity index (χ1) is 8.65. The van der Waals surface area contributed by atoms with Crippen molar-refractivity contribution in [2.24, 2.45) is 7.05 Å². The number of aliphatic hydroxyl groups excluding tert-OH is 1. The Bertz CT molecular complexity index is 558. The molecule has 1 heterocycles. The van der Waals surface area contributed by atoms with E-state index in [0.717, 1.165) is 11.8 Å². The number of hydrogen-bond acceptors (Lipinski definition) is 4. The molecule has 5 nitrogen and oxygen atoms in total. The highest BCUT2D eigenvalue weighted by Gasteiger charge is 2.14. The Hall–Kier alpha value is -2.14. The minimum atomic E-state index is -0.00924. The van der Waals surface area contributed by atoms with Crippen LogP contribution in [0.2, 0.25) is 0 Å². The Labute approximate surface area is 105 Å². The summed E-state index contributed by atoms with van der Waals surface area (Å²) >= 11 is 0. The number of hydrogen-bond donors (Lipinski definition) is 1. The number of nitrogens with zero attached hydrogens (tertiary/aromatic N) is 2. The second-order valence-corrected chi connectivity index (χ2v) is 3.95. The van der Waals surface area contributed by atoms with Gasteiger partial charge in [-0.25, -0.2) is 4.68 Å². The van der Waals surface area contributed by atoms with Crippen molar-refractivity contribution in [2.45, 2.75) is 13.5 Å². The maximum absolute atomic E-state index is 11.0. The number of aromatic nitrogens is 2. The number of rotatable bonds is 4. The fourth-order valence-corrected chi connectivity index (χ4v) is 1.68. The zero-order chi connectivity index (χ0) is 13.1. The van der Waals surface area contributed by atoms with Gasteiger partial charge in [0.05, 0.1) is 17.9 Å². The molecular weight excluding hydrogens is 232 g/mol. The number of benzene rings is 1. The second kappa shape index (κ2) is 5.01. The van der Waals surface area contributed by atoms with Gasteiger partial charge in [0.15, 0.2) is 6.29 Å². The van der Waals surface area contributed by atoms with Gasteiger partial charge in [-0.2, -0.15) is 5.10 Å². The van der Waals surface area contributed by atoms with Crippen molar-refractivity contribution in [3.8, 4) is 11.6 Å². The molecule has 1 N–H and O–H groups in total. The zero-order valence-electron chi connectivity index (χ0n) is 10.3. The van der Waals surface area contributed by atoms with Crippen molar-refractivity contribution in [3.05, 3.63) is 41.1 Å². The lowest BCUT2D eigenvalue weighted by atomic mass is 10.2. The molecule has 18 heavy (non-hydrogen) atoms. The Kier molecular flexibility index (Phi) is 3.43. The summed E-state index contributed by atoms with van der Waals surface area (Å²) in [5.41, 5.74) is 1.89. The van der Waals surface area contributed by atoms with Gasteiger partial charge in [-0.1, -0.05) is 12.1 Å². The lowest BCUT2D eigenvalue weighted by Gasteiger charge is -2.06. The minimum absolute atomic E-state index is 0.00924. The monoisotopic (exact) mass is 246 g/mol. The number of carbonyl (C=O) groups excluding carboxylic acids is 1. The summed E-state index contributed by atoms with van der Waals surface area (Å²) in [5, 5.41) is 13.1. The van der Waals surface area contributed by atoms with Gasteiger partial charge < -0.3 is 9.84 Å². The summed E-state index contributed by atoms with van der Waals surface area (Å²) in [6.07, 6.45) is 0.736. The molecule has 0 amide bonds. The Morgan fingerprint density at radius 1 is 1.39 bits per heavy atom. The maximum Gasteiger partial charge on any atom is 0.228 e. The van der Waals surface area contributed by atoms with E-state index in [0.29, 0.717) is 22.9 Å². The van der Waals surface area contributed by atoms with Gasteiger partial charge in [-0.05, 0) is 24.6 Å². The molecule has 0 bridgehead atoms. The van der Waals surface area contributed by atoms with Crippen molar-refractivity contribution < 1.29 is 14.6 Å². The molecule has 0 fully saturated rings. The van der Waals surface area contributed by atoms with Crippen LogP contribution in [0, 0.1) is 6.92 Å². The molecule has 1 aromatic carbocycles. The molecule has 0 aliphatic heterocycles. The second-order valence-electron chi connectivity index (χ2n) is 3.95. The van der Waals surface area contributed by atoms with E-state index in [2.05, 4.69) is 5.10 Å². The van der Waals surface area contributed by atoms with Crippen molar-refractivity contribution in [1.29, 1.82) is 0 Å². The fourth-order valence-electron chi connectivity index (χ4n) is 1.68. The summed E-state index contributed by atoms with van der Waals surface area (Å²) in [4.78, 5) is 11.0. The van der Waals surface area contributed by atoms with Crippen LogP contribution < -0.4 is 4.74 Å². The summed E-state index contributed by atoms with van der Waals surface area (Å²) in [6, 6.07) is 7.00. The first kappa shape index (κ1) is 12.3. The zero-order valence-corrected chi connectivity index (χ0v) is 10.3. The van der Waals surface area contributed by atoms with E-state index < -0.39 is 0 Å². The Morgan fingerprint density at radius 2 is 2.06 bits per heavy atom. The molecule has 0 radical (unpaired) electrons. The highest BCUT2D eigenvalue weighted by Crippen LogP contribution is 2.26. The van der Waals surface area contributed by atoms with E-state index in [9.17, 15) is 4.79 Å². The third-order valence-electron chi connectivity index (χ3n) is 2.65. The molecule has 0 aliphatic carbocycles. The topological polar surface area (TPSA) is 64.3 Å². The van der Waals surface area contributed by atoms with Gasteiger partial charge in [0.25, 0.3) is 0 Å². The van der Waals surface area contributed by atoms with Crippen LogP contribution in [0.3, 0.4) is 0 Å². The van der Waals surface area contributed by atoms with Gasteiger partial charge >= 0.3 is 0 Å².